The molecule has 0 aliphatic carbocycles. The lowest BCUT2D eigenvalue weighted by Crippen LogP contribution is -2.50. The monoisotopic (exact) mass is 296 g/mol. The van der Waals surface area contributed by atoms with E-state index in [4.69, 9.17) is 0 Å². The normalized spacial score (nSPS) is 18.2. The number of β-amino-alcohol motifs (C(OH)–C–C–N with tert-alkyl or cyclic N) is 1. The summed E-state index contributed by atoms with van der Waals surface area (Å²) in [6.07, 6.45) is 2.00. The summed E-state index contributed by atoms with van der Waals surface area (Å²) in [5.74, 6) is 0.256. The Morgan fingerprint density at radius 3 is 2.75 bits per heavy atom. The van der Waals surface area contributed by atoms with Gasteiger partial charge in [-0.2, -0.15) is 11.3 Å². The van der Waals surface area contributed by atoms with Crippen LogP contribution >= 0.6 is 11.3 Å². The van der Waals surface area contributed by atoms with Crippen LogP contribution in [0, 0.1) is 0 Å². The lowest BCUT2D eigenvalue weighted by atomic mass is 10.1. The van der Waals surface area contributed by atoms with Gasteiger partial charge in [-0.1, -0.05) is 6.92 Å². The van der Waals surface area contributed by atoms with Gasteiger partial charge in [-0.15, -0.1) is 0 Å². The quantitative estimate of drug-likeness (QED) is 0.867. The second kappa shape index (κ2) is 7.76. The topological polar surface area (TPSA) is 43.8 Å². The number of amides is 1. The fourth-order valence-electron chi connectivity index (χ4n) is 2.45. The molecule has 1 N–H and O–H groups in total. The van der Waals surface area contributed by atoms with Gasteiger partial charge >= 0.3 is 0 Å². The summed E-state index contributed by atoms with van der Waals surface area (Å²) < 4.78 is 0. The molecule has 1 fully saturated rings. The van der Waals surface area contributed by atoms with Crippen molar-refractivity contribution in [1.82, 2.24) is 9.80 Å². The van der Waals surface area contributed by atoms with Gasteiger partial charge in [0.25, 0.3) is 0 Å². The van der Waals surface area contributed by atoms with Crippen molar-refractivity contribution >= 4 is 17.2 Å². The molecule has 112 valence electrons. The van der Waals surface area contributed by atoms with Crippen molar-refractivity contribution in [3.63, 3.8) is 0 Å². The van der Waals surface area contributed by atoms with Crippen LogP contribution in [0.5, 0.6) is 0 Å². The van der Waals surface area contributed by atoms with E-state index >= 15 is 0 Å². The summed E-state index contributed by atoms with van der Waals surface area (Å²) in [7, 11) is 0. The molecule has 2 heterocycles. The highest BCUT2D eigenvalue weighted by atomic mass is 32.1. The Morgan fingerprint density at radius 1 is 1.40 bits per heavy atom. The summed E-state index contributed by atoms with van der Waals surface area (Å²) >= 11 is 1.68. The van der Waals surface area contributed by atoms with E-state index < -0.39 is 0 Å². The van der Waals surface area contributed by atoms with Gasteiger partial charge in [0, 0.05) is 39.1 Å². The van der Waals surface area contributed by atoms with E-state index in [-0.39, 0.29) is 12.0 Å². The zero-order valence-corrected chi connectivity index (χ0v) is 12.9. The van der Waals surface area contributed by atoms with Crippen molar-refractivity contribution in [2.45, 2.75) is 32.3 Å². The number of aliphatic hydroxyl groups is 1. The lowest BCUT2D eigenvalue weighted by Gasteiger charge is -2.35. The number of thiophene rings is 1. The molecule has 0 unspecified atom stereocenters. The largest absolute Gasteiger partial charge is 0.392 e. The highest BCUT2D eigenvalue weighted by molar-refractivity contribution is 7.07. The van der Waals surface area contributed by atoms with E-state index in [0.717, 1.165) is 45.6 Å². The molecule has 0 radical (unpaired) electrons. The molecule has 2 rings (SSSR count). The minimum absolute atomic E-state index is 0.240. The first-order valence-corrected chi connectivity index (χ1v) is 8.32. The second-order valence-corrected chi connectivity index (χ2v) is 6.16. The number of carbonyl (C=O) groups is 1. The number of aryl methyl sites for hydroxylation is 1. The van der Waals surface area contributed by atoms with Gasteiger partial charge in [0.05, 0.1) is 6.10 Å². The molecule has 0 aromatic carbocycles. The van der Waals surface area contributed by atoms with E-state index in [1.165, 1.54) is 5.56 Å². The molecule has 5 heteroatoms. The van der Waals surface area contributed by atoms with Gasteiger partial charge in [0.15, 0.2) is 0 Å². The third-order valence-corrected chi connectivity index (χ3v) is 4.60. The molecule has 0 spiro atoms. The third-order valence-electron chi connectivity index (χ3n) is 3.87. The van der Waals surface area contributed by atoms with Crippen molar-refractivity contribution < 1.29 is 9.90 Å². The number of aliphatic hydroxyl groups excluding tert-OH is 1. The first-order chi connectivity index (χ1) is 9.69. The molecule has 1 saturated heterocycles. The summed E-state index contributed by atoms with van der Waals surface area (Å²) in [5.41, 5.74) is 1.26. The van der Waals surface area contributed by atoms with Crippen LogP contribution in [0.3, 0.4) is 0 Å². The maximum atomic E-state index is 12.1. The molecular weight excluding hydrogens is 272 g/mol. The summed E-state index contributed by atoms with van der Waals surface area (Å²) in [4.78, 5) is 16.3. The highest BCUT2D eigenvalue weighted by Crippen LogP contribution is 2.11. The highest BCUT2D eigenvalue weighted by Gasteiger charge is 2.21. The van der Waals surface area contributed by atoms with Gasteiger partial charge in [-0.05, 0) is 35.2 Å². The van der Waals surface area contributed by atoms with E-state index in [1.54, 1.807) is 11.3 Å². The maximum absolute atomic E-state index is 12.1. The summed E-state index contributed by atoms with van der Waals surface area (Å²) in [5, 5.41) is 13.8. The van der Waals surface area contributed by atoms with Crippen LogP contribution in [0.15, 0.2) is 16.8 Å². The SMILES string of the molecule is CC[C@@H](O)CN1CCN(C(=O)CCc2ccsc2)CC1. The van der Waals surface area contributed by atoms with Crippen LogP contribution in [0.25, 0.3) is 0 Å². The van der Waals surface area contributed by atoms with E-state index in [2.05, 4.69) is 21.7 Å². The number of rotatable bonds is 6. The molecule has 1 aliphatic rings. The van der Waals surface area contributed by atoms with Crippen molar-refractivity contribution in [2.24, 2.45) is 0 Å². The fourth-order valence-corrected chi connectivity index (χ4v) is 3.15. The molecule has 0 bridgehead atoms. The molecule has 1 aromatic heterocycles. The van der Waals surface area contributed by atoms with Crippen LogP contribution in [0.4, 0.5) is 0 Å². The third kappa shape index (κ3) is 4.58. The zero-order valence-electron chi connectivity index (χ0n) is 12.1. The molecule has 4 nitrogen and oxygen atoms in total. The maximum Gasteiger partial charge on any atom is 0.222 e. The summed E-state index contributed by atoms with van der Waals surface area (Å²) in [6, 6.07) is 2.09. The fraction of sp³-hybridized carbons (Fsp3) is 0.667. The van der Waals surface area contributed by atoms with Crippen molar-refractivity contribution in [2.75, 3.05) is 32.7 Å². The van der Waals surface area contributed by atoms with Crippen molar-refractivity contribution in [3.8, 4) is 0 Å². The Labute approximate surface area is 125 Å². The number of nitrogens with zero attached hydrogens (tertiary/aromatic N) is 2. The minimum Gasteiger partial charge on any atom is -0.392 e. The Kier molecular flexibility index (Phi) is 6.01. The van der Waals surface area contributed by atoms with Crippen LogP contribution in [0.1, 0.15) is 25.3 Å². The van der Waals surface area contributed by atoms with Crippen molar-refractivity contribution in [3.05, 3.63) is 22.4 Å². The number of carbonyl (C=O) groups excluding carboxylic acids is 1. The average molecular weight is 296 g/mol. The Bertz CT molecular complexity index is 400. The van der Waals surface area contributed by atoms with Crippen LogP contribution in [-0.2, 0) is 11.2 Å². The van der Waals surface area contributed by atoms with Gasteiger partial charge in [-0.3, -0.25) is 9.69 Å². The standard InChI is InChI=1S/C15H24N2O2S/c1-2-14(18)11-16-6-8-17(9-7-16)15(19)4-3-13-5-10-20-12-13/h5,10,12,14,18H,2-4,6-9,11H2,1H3/t14-/m1/s1. The van der Waals surface area contributed by atoms with Gasteiger partial charge < -0.3 is 10.0 Å². The molecule has 1 atom stereocenters. The van der Waals surface area contributed by atoms with Crippen LogP contribution < -0.4 is 0 Å². The van der Waals surface area contributed by atoms with Gasteiger partial charge in [0.1, 0.15) is 0 Å². The molecule has 1 aliphatic heterocycles. The van der Waals surface area contributed by atoms with Crippen LogP contribution in [0.2, 0.25) is 0 Å². The Morgan fingerprint density at radius 2 is 2.15 bits per heavy atom. The molecule has 1 amide bonds. The van der Waals surface area contributed by atoms with Gasteiger partial charge in [-0.25, -0.2) is 0 Å². The molecular formula is C15H24N2O2S. The van der Waals surface area contributed by atoms with E-state index in [1.807, 2.05) is 11.8 Å². The minimum atomic E-state index is -0.240. The smallest absolute Gasteiger partial charge is 0.222 e. The lowest BCUT2D eigenvalue weighted by molar-refractivity contribution is -0.133. The first kappa shape index (κ1) is 15.5. The summed E-state index contributed by atoms with van der Waals surface area (Å²) in [6.45, 7) is 6.06. The van der Waals surface area contributed by atoms with Crippen LogP contribution in [-0.4, -0.2) is 59.6 Å². The number of hydrogen-bond acceptors (Lipinski definition) is 4. The van der Waals surface area contributed by atoms with E-state index in [9.17, 15) is 9.90 Å². The van der Waals surface area contributed by atoms with Crippen molar-refractivity contribution in [1.29, 1.82) is 0 Å². The van der Waals surface area contributed by atoms with Gasteiger partial charge in [0.2, 0.25) is 5.91 Å². The first-order valence-electron chi connectivity index (χ1n) is 7.38. The molecule has 20 heavy (non-hydrogen) atoms. The zero-order chi connectivity index (χ0) is 14.4. The van der Waals surface area contributed by atoms with E-state index in [0.29, 0.717) is 6.42 Å². The molecule has 1 aromatic rings. The average Bonchev–Trinajstić information content (AvgIpc) is 2.98. The second-order valence-electron chi connectivity index (χ2n) is 5.38. The molecule has 0 saturated carbocycles. The number of hydrogen-bond donors (Lipinski definition) is 1. The Hall–Kier alpha value is -0.910. The predicted octanol–water partition coefficient (Wildman–Crippen LogP) is 1.60. The Balaban J connectivity index is 1.69. The predicted molar refractivity (Wildman–Crippen MR) is 82.0 cm³/mol. The number of piperazine rings is 1.